The van der Waals surface area contributed by atoms with Gasteiger partial charge in [-0.05, 0) is 0 Å². The van der Waals surface area contributed by atoms with E-state index in [1.165, 1.54) is 28.1 Å². The molecule has 1 fully saturated rings. The average Bonchev–Trinajstić information content (AvgIpc) is 2.35. The molecule has 0 radical (unpaired) electrons. The molecule has 110 valence electrons. The second kappa shape index (κ2) is 7.42. The summed E-state index contributed by atoms with van der Waals surface area (Å²) in [6.45, 7) is 2.88. The number of hydrogen-bond acceptors (Lipinski definition) is 7. The maximum Gasteiger partial charge on any atom is 0.303 e. The van der Waals surface area contributed by atoms with Gasteiger partial charge in [0.15, 0.2) is 6.10 Å². The number of rotatable bonds is 5. The van der Waals surface area contributed by atoms with Crippen molar-refractivity contribution in [1.29, 1.82) is 0 Å². The molecule has 19 heavy (non-hydrogen) atoms. The highest BCUT2D eigenvalue weighted by Gasteiger charge is 2.43. The van der Waals surface area contributed by atoms with Crippen molar-refractivity contribution >= 4 is 11.9 Å². The molecule has 0 aromatic rings. The molecule has 0 spiro atoms. The molecule has 0 saturated carbocycles. The summed E-state index contributed by atoms with van der Waals surface area (Å²) < 4.78 is 26.2. The lowest BCUT2D eigenvalue weighted by molar-refractivity contribution is -0.224. The molecule has 0 bridgehead atoms. The molecule has 1 saturated heterocycles. The van der Waals surface area contributed by atoms with Crippen LogP contribution >= 0.6 is 0 Å². The van der Waals surface area contributed by atoms with Crippen LogP contribution in [0.15, 0.2) is 0 Å². The van der Waals surface area contributed by atoms with Crippen LogP contribution in [0, 0.1) is 0 Å². The Kier molecular flexibility index (Phi) is 6.20. The van der Waals surface area contributed by atoms with Crippen LogP contribution in [0.1, 0.15) is 13.8 Å². The summed E-state index contributed by atoms with van der Waals surface area (Å²) in [4.78, 5) is 21.8. The molecule has 0 aliphatic carbocycles. The summed E-state index contributed by atoms with van der Waals surface area (Å²) in [5, 5.41) is 0. The molecular formula is C12H20O7. The van der Waals surface area contributed by atoms with Crippen LogP contribution in [0.25, 0.3) is 0 Å². The monoisotopic (exact) mass is 276 g/mol. The molecule has 1 aliphatic heterocycles. The first-order chi connectivity index (χ1) is 8.99. The first-order valence-corrected chi connectivity index (χ1v) is 5.97. The SMILES string of the molecule is CO[C@H]1[C@H](OC)[C@H](OC(C)=O)CO[C@@H]1COC(C)=O. The van der Waals surface area contributed by atoms with Crippen molar-refractivity contribution in [3.8, 4) is 0 Å². The third-order valence-electron chi connectivity index (χ3n) is 2.84. The molecule has 0 aromatic carbocycles. The van der Waals surface area contributed by atoms with E-state index in [4.69, 9.17) is 23.7 Å². The van der Waals surface area contributed by atoms with E-state index in [0.717, 1.165) is 0 Å². The average molecular weight is 276 g/mol. The molecule has 1 aliphatic rings. The van der Waals surface area contributed by atoms with Gasteiger partial charge in [-0.3, -0.25) is 9.59 Å². The fraction of sp³-hybridized carbons (Fsp3) is 0.833. The van der Waals surface area contributed by atoms with Gasteiger partial charge in [0.25, 0.3) is 0 Å². The summed E-state index contributed by atoms with van der Waals surface area (Å²) in [5.41, 5.74) is 0. The van der Waals surface area contributed by atoms with Crippen LogP contribution in [0.4, 0.5) is 0 Å². The maximum absolute atomic E-state index is 11.0. The number of esters is 2. The van der Waals surface area contributed by atoms with Crippen LogP contribution < -0.4 is 0 Å². The van der Waals surface area contributed by atoms with Crippen molar-refractivity contribution in [1.82, 2.24) is 0 Å². The minimum atomic E-state index is -0.541. The van der Waals surface area contributed by atoms with Crippen LogP contribution in [0.2, 0.25) is 0 Å². The number of hydrogen-bond donors (Lipinski definition) is 0. The lowest BCUT2D eigenvalue weighted by Crippen LogP contribution is -2.57. The molecular weight excluding hydrogens is 256 g/mol. The molecule has 1 rings (SSSR count). The molecule has 4 atom stereocenters. The van der Waals surface area contributed by atoms with Gasteiger partial charge in [0.05, 0.1) is 6.61 Å². The molecule has 7 heteroatoms. The van der Waals surface area contributed by atoms with E-state index in [1.807, 2.05) is 0 Å². The predicted octanol–water partition coefficient (Wildman–Crippen LogP) is -0.0900. The minimum absolute atomic E-state index is 0.0699. The van der Waals surface area contributed by atoms with Crippen LogP contribution in [-0.2, 0) is 33.3 Å². The highest BCUT2D eigenvalue weighted by Crippen LogP contribution is 2.23. The summed E-state index contributed by atoms with van der Waals surface area (Å²) in [7, 11) is 3.00. The number of methoxy groups -OCH3 is 2. The molecule has 0 amide bonds. The van der Waals surface area contributed by atoms with Gasteiger partial charge in [0.1, 0.15) is 24.9 Å². The number of ether oxygens (including phenoxy) is 5. The van der Waals surface area contributed by atoms with Gasteiger partial charge in [-0.15, -0.1) is 0 Å². The molecule has 0 N–H and O–H groups in total. The Morgan fingerprint density at radius 3 is 2.21 bits per heavy atom. The topological polar surface area (TPSA) is 80.3 Å². The zero-order valence-electron chi connectivity index (χ0n) is 11.6. The van der Waals surface area contributed by atoms with E-state index < -0.39 is 36.4 Å². The van der Waals surface area contributed by atoms with Crippen LogP contribution in [0.3, 0.4) is 0 Å². The van der Waals surface area contributed by atoms with E-state index >= 15 is 0 Å². The highest BCUT2D eigenvalue weighted by molar-refractivity contribution is 5.66. The summed E-state index contributed by atoms with van der Waals surface area (Å²) >= 11 is 0. The summed E-state index contributed by atoms with van der Waals surface area (Å²) in [6, 6.07) is 0. The fourth-order valence-electron chi connectivity index (χ4n) is 2.06. The number of carbonyl (C=O) groups is 2. The summed E-state index contributed by atoms with van der Waals surface area (Å²) in [6.07, 6.45) is -1.95. The van der Waals surface area contributed by atoms with Crippen molar-refractivity contribution in [2.75, 3.05) is 27.4 Å². The third kappa shape index (κ3) is 4.45. The molecule has 7 nitrogen and oxygen atoms in total. The minimum Gasteiger partial charge on any atom is -0.463 e. The smallest absolute Gasteiger partial charge is 0.303 e. The zero-order valence-corrected chi connectivity index (χ0v) is 11.6. The Morgan fingerprint density at radius 1 is 1.11 bits per heavy atom. The lowest BCUT2D eigenvalue weighted by atomic mass is 10.00. The van der Waals surface area contributed by atoms with Crippen molar-refractivity contribution in [2.24, 2.45) is 0 Å². The predicted molar refractivity (Wildman–Crippen MR) is 63.5 cm³/mol. The van der Waals surface area contributed by atoms with Gasteiger partial charge in [-0.25, -0.2) is 0 Å². The second-order valence-corrected chi connectivity index (χ2v) is 4.22. The highest BCUT2D eigenvalue weighted by atomic mass is 16.6. The zero-order chi connectivity index (χ0) is 14.4. The van der Waals surface area contributed by atoms with E-state index in [-0.39, 0.29) is 13.2 Å². The Balaban J connectivity index is 2.69. The maximum atomic E-state index is 11.0. The molecule has 1 heterocycles. The van der Waals surface area contributed by atoms with E-state index in [1.54, 1.807) is 0 Å². The van der Waals surface area contributed by atoms with Crippen LogP contribution in [0.5, 0.6) is 0 Å². The van der Waals surface area contributed by atoms with Crippen LogP contribution in [-0.4, -0.2) is 63.8 Å². The van der Waals surface area contributed by atoms with Gasteiger partial charge >= 0.3 is 11.9 Å². The largest absolute Gasteiger partial charge is 0.463 e. The van der Waals surface area contributed by atoms with Crippen molar-refractivity contribution < 1.29 is 33.3 Å². The first kappa shape index (κ1) is 15.9. The number of carbonyl (C=O) groups excluding carboxylic acids is 2. The van der Waals surface area contributed by atoms with Gasteiger partial charge in [-0.2, -0.15) is 0 Å². The molecule has 0 unspecified atom stereocenters. The summed E-state index contributed by atoms with van der Waals surface area (Å²) in [5.74, 6) is -0.807. The van der Waals surface area contributed by atoms with E-state index in [9.17, 15) is 9.59 Å². The quantitative estimate of drug-likeness (QED) is 0.649. The third-order valence-corrected chi connectivity index (χ3v) is 2.84. The normalized spacial score (nSPS) is 30.7. The van der Waals surface area contributed by atoms with Gasteiger partial charge < -0.3 is 23.7 Å². The Morgan fingerprint density at radius 2 is 1.74 bits per heavy atom. The Labute approximate surface area is 112 Å². The van der Waals surface area contributed by atoms with Gasteiger partial charge in [0.2, 0.25) is 0 Å². The van der Waals surface area contributed by atoms with Crippen molar-refractivity contribution in [2.45, 2.75) is 38.3 Å². The van der Waals surface area contributed by atoms with Crippen molar-refractivity contribution in [3.05, 3.63) is 0 Å². The molecule has 0 aromatic heterocycles. The van der Waals surface area contributed by atoms with Crippen molar-refractivity contribution in [3.63, 3.8) is 0 Å². The lowest BCUT2D eigenvalue weighted by Gasteiger charge is -2.40. The fourth-order valence-corrected chi connectivity index (χ4v) is 2.06. The van der Waals surface area contributed by atoms with E-state index in [0.29, 0.717) is 0 Å². The first-order valence-electron chi connectivity index (χ1n) is 5.97. The van der Waals surface area contributed by atoms with Gasteiger partial charge in [-0.1, -0.05) is 0 Å². The Hall–Kier alpha value is -1.18. The Bertz CT molecular complexity index is 317. The standard InChI is InChI=1S/C12H20O7/c1-7(13)17-5-9-11(15-3)12(16-4)10(6-18-9)19-8(2)14/h9-12H,5-6H2,1-4H3/t9-,10-,11-,12-/m1/s1. The second-order valence-electron chi connectivity index (χ2n) is 4.22. The van der Waals surface area contributed by atoms with Gasteiger partial charge in [0, 0.05) is 28.1 Å². The van der Waals surface area contributed by atoms with E-state index in [2.05, 4.69) is 0 Å².